The molecule has 0 aliphatic carbocycles. The molecule has 2 unspecified atom stereocenters. The summed E-state index contributed by atoms with van der Waals surface area (Å²) in [5.41, 5.74) is 3.59. The molecular formula is C11H14FN. The second kappa shape index (κ2) is 3.02. The van der Waals surface area contributed by atoms with Gasteiger partial charge in [0.1, 0.15) is 6.17 Å². The van der Waals surface area contributed by atoms with Crippen molar-refractivity contribution in [3.63, 3.8) is 0 Å². The molecule has 13 heavy (non-hydrogen) atoms. The van der Waals surface area contributed by atoms with Gasteiger partial charge in [-0.05, 0) is 31.9 Å². The Kier molecular flexibility index (Phi) is 1.98. The van der Waals surface area contributed by atoms with Gasteiger partial charge in [-0.15, -0.1) is 0 Å². The topological polar surface area (TPSA) is 12.0 Å². The number of anilines is 1. The lowest BCUT2D eigenvalue weighted by molar-refractivity contribution is 0.322. The van der Waals surface area contributed by atoms with Crippen LogP contribution in [0.4, 0.5) is 10.1 Å². The number of rotatable bonds is 1. The van der Waals surface area contributed by atoms with Crippen LogP contribution in [0.25, 0.3) is 0 Å². The van der Waals surface area contributed by atoms with E-state index < -0.39 is 6.17 Å². The lowest BCUT2D eigenvalue weighted by Gasteiger charge is -2.11. The molecule has 0 aromatic heterocycles. The van der Waals surface area contributed by atoms with Gasteiger partial charge in [0, 0.05) is 5.69 Å². The van der Waals surface area contributed by atoms with Crippen LogP contribution in [0.2, 0.25) is 0 Å². The Hall–Kier alpha value is -1.05. The van der Waals surface area contributed by atoms with Crippen LogP contribution >= 0.6 is 0 Å². The third-order valence-corrected chi connectivity index (χ3v) is 2.60. The van der Waals surface area contributed by atoms with Crippen molar-refractivity contribution in [3.05, 3.63) is 29.3 Å². The van der Waals surface area contributed by atoms with Crippen LogP contribution in [0.5, 0.6) is 0 Å². The molecule has 2 heteroatoms. The number of alkyl halides is 1. The van der Waals surface area contributed by atoms with E-state index in [9.17, 15) is 4.39 Å². The number of fused-ring (bicyclic) bond motifs is 1. The minimum atomic E-state index is -0.785. The van der Waals surface area contributed by atoms with Crippen molar-refractivity contribution in [2.24, 2.45) is 0 Å². The summed E-state index contributed by atoms with van der Waals surface area (Å²) in [5, 5.41) is 3.19. The lowest BCUT2D eigenvalue weighted by Crippen LogP contribution is -2.25. The molecule has 1 N–H and O–H groups in total. The molecule has 70 valence electrons. The predicted octanol–water partition coefficient (Wildman–Crippen LogP) is 2.69. The first kappa shape index (κ1) is 8.54. The Balaban J connectivity index is 2.25. The summed E-state index contributed by atoms with van der Waals surface area (Å²) >= 11 is 0. The summed E-state index contributed by atoms with van der Waals surface area (Å²) in [6.45, 7) is 3.67. The van der Waals surface area contributed by atoms with Gasteiger partial charge in [0.25, 0.3) is 0 Å². The molecule has 1 aromatic rings. The average molecular weight is 179 g/mol. The van der Waals surface area contributed by atoms with E-state index in [2.05, 4.69) is 24.4 Å². The van der Waals surface area contributed by atoms with E-state index in [1.54, 1.807) is 6.92 Å². The van der Waals surface area contributed by atoms with E-state index in [0.717, 1.165) is 12.1 Å². The van der Waals surface area contributed by atoms with Gasteiger partial charge in [0.15, 0.2) is 0 Å². The zero-order valence-electron chi connectivity index (χ0n) is 7.97. The first-order chi connectivity index (χ1) is 6.16. The minimum Gasteiger partial charge on any atom is -0.379 e. The van der Waals surface area contributed by atoms with Gasteiger partial charge < -0.3 is 5.32 Å². The highest BCUT2D eigenvalue weighted by Gasteiger charge is 2.24. The van der Waals surface area contributed by atoms with Crippen LogP contribution in [-0.4, -0.2) is 12.2 Å². The molecule has 1 aliphatic rings. The van der Waals surface area contributed by atoms with Gasteiger partial charge in [-0.25, -0.2) is 4.39 Å². The van der Waals surface area contributed by atoms with Crippen molar-refractivity contribution in [1.29, 1.82) is 0 Å². The third-order valence-electron chi connectivity index (χ3n) is 2.60. The highest BCUT2D eigenvalue weighted by molar-refractivity contribution is 5.58. The van der Waals surface area contributed by atoms with Crippen LogP contribution in [0.3, 0.4) is 0 Å². The molecule has 1 aliphatic heterocycles. The Labute approximate surface area is 78.0 Å². The molecule has 0 bridgehead atoms. The Bertz CT molecular complexity index is 320. The molecule has 0 radical (unpaired) electrons. The van der Waals surface area contributed by atoms with Crippen molar-refractivity contribution in [2.45, 2.75) is 32.5 Å². The molecule has 0 fully saturated rings. The fraction of sp³-hybridized carbons (Fsp3) is 0.455. The molecule has 2 atom stereocenters. The predicted molar refractivity (Wildman–Crippen MR) is 52.9 cm³/mol. The van der Waals surface area contributed by atoms with Crippen molar-refractivity contribution < 1.29 is 4.39 Å². The van der Waals surface area contributed by atoms with Crippen LogP contribution in [0, 0.1) is 6.92 Å². The number of nitrogens with one attached hydrogen (secondary N) is 1. The van der Waals surface area contributed by atoms with Crippen LogP contribution < -0.4 is 5.32 Å². The van der Waals surface area contributed by atoms with Crippen molar-refractivity contribution in [3.8, 4) is 0 Å². The number of hydrogen-bond acceptors (Lipinski definition) is 1. The van der Waals surface area contributed by atoms with Crippen LogP contribution in [-0.2, 0) is 6.42 Å². The van der Waals surface area contributed by atoms with Crippen LogP contribution in [0.15, 0.2) is 18.2 Å². The molecule has 0 saturated heterocycles. The molecule has 2 rings (SSSR count). The maximum Gasteiger partial charge on any atom is 0.118 e. The SMILES string of the molecule is Cc1ccc2c(c1)CC(C(C)F)N2. The molecular weight excluding hydrogens is 165 g/mol. The maximum atomic E-state index is 13.0. The summed E-state index contributed by atoms with van der Waals surface area (Å²) in [7, 11) is 0. The summed E-state index contributed by atoms with van der Waals surface area (Å²) in [5.74, 6) is 0. The molecule has 1 aromatic carbocycles. The van der Waals surface area contributed by atoms with Gasteiger partial charge in [-0.3, -0.25) is 0 Å². The fourth-order valence-corrected chi connectivity index (χ4v) is 1.80. The average Bonchev–Trinajstić information content (AvgIpc) is 2.46. The van der Waals surface area contributed by atoms with Crippen molar-refractivity contribution in [1.82, 2.24) is 0 Å². The van der Waals surface area contributed by atoms with E-state index in [1.807, 2.05) is 6.07 Å². The molecule has 0 spiro atoms. The Morgan fingerprint density at radius 1 is 1.54 bits per heavy atom. The number of halogens is 1. The lowest BCUT2D eigenvalue weighted by atomic mass is 10.1. The minimum absolute atomic E-state index is 0.0307. The maximum absolute atomic E-state index is 13.0. The van der Waals surface area contributed by atoms with Gasteiger partial charge >= 0.3 is 0 Å². The molecule has 0 saturated carbocycles. The molecule has 0 amide bonds. The van der Waals surface area contributed by atoms with Gasteiger partial charge in [-0.2, -0.15) is 0 Å². The summed E-state index contributed by atoms with van der Waals surface area (Å²) in [6.07, 6.45) is 0.0296. The summed E-state index contributed by atoms with van der Waals surface area (Å²) in [4.78, 5) is 0. The monoisotopic (exact) mass is 179 g/mol. The molecule has 1 heterocycles. The van der Waals surface area contributed by atoms with Crippen molar-refractivity contribution >= 4 is 5.69 Å². The first-order valence-corrected chi connectivity index (χ1v) is 4.67. The zero-order chi connectivity index (χ0) is 9.42. The summed E-state index contributed by atoms with van der Waals surface area (Å²) < 4.78 is 13.0. The van der Waals surface area contributed by atoms with E-state index in [1.165, 1.54) is 11.1 Å². The fourth-order valence-electron chi connectivity index (χ4n) is 1.80. The third kappa shape index (κ3) is 1.53. The second-order valence-corrected chi connectivity index (χ2v) is 3.79. The number of aryl methyl sites for hydroxylation is 1. The Morgan fingerprint density at radius 2 is 2.31 bits per heavy atom. The normalized spacial score (nSPS) is 22.2. The first-order valence-electron chi connectivity index (χ1n) is 4.67. The van der Waals surface area contributed by atoms with Crippen LogP contribution in [0.1, 0.15) is 18.1 Å². The second-order valence-electron chi connectivity index (χ2n) is 3.79. The van der Waals surface area contributed by atoms with E-state index >= 15 is 0 Å². The standard InChI is InChI=1S/C11H14FN/c1-7-3-4-10-9(5-7)6-11(13-10)8(2)12/h3-5,8,11,13H,6H2,1-2H3. The Morgan fingerprint density at radius 3 is 3.00 bits per heavy atom. The van der Waals surface area contributed by atoms with E-state index in [4.69, 9.17) is 0 Å². The summed E-state index contributed by atoms with van der Waals surface area (Å²) in [6, 6.07) is 6.19. The van der Waals surface area contributed by atoms with Gasteiger partial charge in [0.05, 0.1) is 6.04 Å². The zero-order valence-corrected chi connectivity index (χ0v) is 7.97. The highest BCUT2D eigenvalue weighted by Crippen LogP contribution is 2.28. The molecule has 1 nitrogen and oxygen atoms in total. The van der Waals surface area contributed by atoms with Crippen molar-refractivity contribution in [2.75, 3.05) is 5.32 Å². The number of hydrogen-bond donors (Lipinski definition) is 1. The number of benzene rings is 1. The van der Waals surface area contributed by atoms with Gasteiger partial charge in [0.2, 0.25) is 0 Å². The smallest absolute Gasteiger partial charge is 0.118 e. The van der Waals surface area contributed by atoms with E-state index in [-0.39, 0.29) is 6.04 Å². The highest BCUT2D eigenvalue weighted by atomic mass is 19.1. The van der Waals surface area contributed by atoms with Gasteiger partial charge in [-0.1, -0.05) is 17.7 Å². The quantitative estimate of drug-likeness (QED) is 0.699. The van der Waals surface area contributed by atoms with E-state index in [0.29, 0.717) is 0 Å². The largest absolute Gasteiger partial charge is 0.379 e.